The van der Waals surface area contributed by atoms with Gasteiger partial charge in [-0.15, -0.1) is 11.3 Å². The molecule has 0 aliphatic carbocycles. The van der Waals surface area contributed by atoms with Crippen molar-refractivity contribution in [2.45, 2.75) is 0 Å². The van der Waals surface area contributed by atoms with Gasteiger partial charge < -0.3 is 4.57 Å². The third-order valence-electron chi connectivity index (χ3n) is 9.67. The van der Waals surface area contributed by atoms with Gasteiger partial charge in [-0.3, -0.25) is 4.57 Å². The molecule has 0 amide bonds. The highest BCUT2D eigenvalue weighted by molar-refractivity contribution is 7.25. The fourth-order valence-electron chi connectivity index (χ4n) is 7.57. The molecule has 0 bridgehead atoms. The smallest absolute Gasteiger partial charge is 0.238 e. The summed E-state index contributed by atoms with van der Waals surface area (Å²) in [6, 6.07) is 43.2. The Hall–Kier alpha value is -6.63. The Balaban J connectivity index is 1.33. The third kappa shape index (κ3) is 4.17. The van der Waals surface area contributed by atoms with Gasteiger partial charge in [0.15, 0.2) is 11.6 Å². The number of hydrogen-bond acceptors (Lipinski definition) is 4. The minimum Gasteiger partial charge on any atom is -0.307 e. The van der Waals surface area contributed by atoms with E-state index in [0.29, 0.717) is 5.82 Å². The maximum Gasteiger partial charge on any atom is 0.238 e. The average molecular weight is 675 g/mol. The Morgan fingerprint density at radius 2 is 1.08 bits per heavy atom. The van der Waals surface area contributed by atoms with Gasteiger partial charge in [-0.2, -0.15) is 9.97 Å². The van der Waals surface area contributed by atoms with E-state index in [1.807, 2.05) is 71.3 Å². The molecule has 0 saturated heterocycles. The standard InChI is InChI=1S/C45H27N5S/c1-3-14-28(15-4-1)43-46-44(35-21-13-25-39-40(35)34-20-9-12-24-38(34)51-39)48-45(47-43)50-37-23-11-8-19-31(37)33-27-26-32-30-18-7-10-22-36(30)49(41(32)42(33)50)29-16-5-2-6-17-29/h1-27H/i1D,3D,4D,14D,15D. The van der Waals surface area contributed by atoms with Crippen LogP contribution in [0.3, 0.4) is 0 Å². The van der Waals surface area contributed by atoms with Gasteiger partial charge in [-0.25, -0.2) is 4.98 Å². The lowest BCUT2D eigenvalue weighted by Crippen LogP contribution is -2.07. The zero-order chi connectivity index (χ0) is 37.8. The molecule has 0 aliphatic heterocycles. The monoisotopic (exact) mass is 674 g/mol. The van der Waals surface area contributed by atoms with Gasteiger partial charge in [-0.1, -0.05) is 127 Å². The van der Waals surface area contributed by atoms with Crippen molar-refractivity contribution in [2.24, 2.45) is 0 Å². The second-order valence-corrected chi connectivity index (χ2v) is 13.5. The SMILES string of the molecule is [2H]c1c([2H])c([2H])c(-c2nc(-c3cccc4sc5ccccc5c34)nc(-n3c4ccccc4c4ccc5c6ccccc6n(-c6ccccc6)c5c43)n2)c([2H])c1[2H]. The summed E-state index contributed by atoms with van der Waals surface area (Å²) in [6.07, 6.45) is 0. The third-order valence-corrected chi connectivity index (χ3v) is 10.8. The zero-order valence-corrected chi connectivity index (χ0v) is 27.7. The first-order valence-corrected chi connectivity index (χ1v) is 17.5. The molecule has 238 valence electrons. The largest absolute Gasteiger partial charge is 0.307 e. The molecule has 11 aromatic rings. The molecular formula is C45H27N5S. The summed E-state index contributed by atoms with van der Waals surface area (Å²) in [5, 5.41) is 6.16. The number of rotatable bonds is 4. The molecule has 0 N–H and O–H groups in total. The molecule has 0 radical (unpaired) electrons. The van der Waals surface area contributed by atoms with Crippen molar-refractivity contribution in [1.82, 2.24) is 24.1 Å². The Bertz CT molecular complexity index is 3410. The van der Waals surface area contributed by atoms with Crippen LogP contribution in [-0.2, 0) is 0 Å². The molecule has 0 fully saturated rings. The van der Waals surface area contributed by atoms with E-state index >= 15 is 0 Å². The van der Waals surface area contributed by atoms with Crippen LogP contribution < -0.4 is 0 Å². The Morgan fingerprint density at radius 1 is 0.471 bits per heavy atom. The molecule has 5 nitrogen and oxygen atoms in total. The van der Waals surface area contributed by atoms with Crippen LogP contribution in [0.1, 0.15) is 6.85 Å². The van der Waals surface area contributed by atoms with Gasteiger partial charge in [-0.05, 0) is 36.4 Å². The van der Waals surface area contributed by atoms with Crippen molar-refractivity contribution in [1.29, 1.82) is 0 Å². The van der Waals surface area contributed by atoms with E-state index in [2.05, 4.69) is 71.3 Å². The molecule has 4 aromatic heterocycles. The highest BCUT2D eigenvalue weighted by Gasteiger charge is 2.24. The fraction of sp³-hybridized carbons (Fsp3) is 0. The molecule has 0 saturated carbocycles. The quantitative estimate of drug-likeness (QED) is 0.187. The van der Waals surface area contributed by atoms with Crippen LogP contribution in [0.15, 0.2) is 164 Å². The van der Waals surface area contributed by atoms with Gasteiger partial charge in [0.05, 0.1) is 28.9 Å². The lowest BCUT2D eigenvalue weighted by atomic mass is 10.1. The number of thiophene rings is 1. The maximum absolute atomic E-state index is 8.98. The highest BCUT2D eigenvalue weighted by Crippen LogP contribution is 2.43. The number of benzene rings is 7. The summed E-state index contributed by atoms with van der Waals surface area (Å²) in [5.41, 5.74) is 5.38. The maximum atomic E-state index is 8.98. The van der Waals surface area contributed by atoms with Crippen LogP contribution in [0, 0.1) is 0 Å². The first-order chi connectivity index (χ1) is 27.4. The summed E-state index contributed by atoms with van der Waals surface area (Å²) in [6.45, 7) is 0. The number of fused-ring (bicyclic) bond motifs is 10. The van der Waals surface area contributed by atoms with Gasteiger partial charge in [0, 0.05) is 58.5 Å². The van der Waals surface area contributed by atoms with Crippen LogP contribution >= 0.6 is 11.3 Å². The minimum atomic E-state index is -0.480. The van der Waals surface area contributed by atoms with Gasteiger partial charge in [0.1, 0.15) is 0 Å². The number of nitrogens with zero attached hydrogens (tertiary/aromatic N) is 5. The summed E-state index contributed by atoms with van der Waals surface area (Å²) >= 11 is 1.68. The van der Waals surface area contributed by atoms with Crippen molar-refractivity contribution < 1.29 is 6.85 Å². The van der Waals surface area contributed by atoms with E-state index in [4.69, 9.17) is 21.8 Å². The van der Waals surface area contributed by atoms with Crippen LogP contribution in [0.5, 0.6) is 0 Å². The molecule has 0 spiro atoms. The van der Waals surface area contributed by atoms with E-state index in [1.165, 1.54) is 0 Å². The molecule has 0 aliphatic rings. The van der Waals surface area contributed by atoms with E-state index in [0.717, 1.165) is 75.0 Å². The topological polar surface area (TPSA) is 48.5 Å². The molecule has 4 heterocycles. The predicted molar refractivity (Wildman–Crippen MR) is 212 cm³/mol. The molecule has 7 aromatic carbocycles. The van der Waals surface area contributed by atoms with Gasteiger partial charge in [0.25, 0.3) is 0 Å². The number of aromatic nitrogens is 5. The van der Waals surface area contributed by atoms with E-state index in [-0.39, 0.29) is 29.4 Å². The fourth-order valence-corrected chi connectivity index (χ4v) is 8.71. The van der Waals surface area contributed by atoms with Crippen molar-refractivity contribution in [2.75, 3.05) is 0 Å². The number of para-hydroxylation sites is 3. The molecule has 0 atom stereocenters. The Kier molecular flexibility index (Phi) is 5.08. The highest BCUT2D eigenvalue weighted by atomic mass is 32.1. The van der Waals surface area contributed by atoms with Crippen LogP contribution in [0.4, 0.5) is 0 Å². The number of hydrogen-bond donors (Lipinski definition) is 0. The normalized spacial score (nSPS) is 13.3. The second-order valence-electron chi connectivity index (χ2n) is 12.5. The molecule has 11 rings (SSSR count). The average Bonchev–Trinajstić information content (AvgIpc) is 3.90. The van der Waals surface area contributed by atoms with Gasteiger partial charge >= 0.3 is 0 Å². The minimum absolute atomic E-state index is 0.0137. The first-order valence-electron chi connectivity index (χ1n) is 19.1. The molecular weight excluding hydrogens is 643 g/mol. The van der Waals surface area contributed by atoms with Crippen LogP contribution in [0.2, 0.25) is 0 Å². The molecule has 6 heteroatoms. The van der Waals surface area contributed by atoms with Gasteiger partial charge in [0.2, 0.25) is 5.95 Å². The molecule has 51 heavy (non-hydrogen) atoms. The summed E-state index contributed by atoms with van der Waals surface area (Å²) < 4.78 is 49.9. The predicted octanol–water partition coefficient (Wildman–Crippen LogP) is 11.8. The summed E-state index contributed by atoms with van der Waals surface area (Å²) in [4.78, 5) is 15.3. The first kappa shape index (κ1) is 23.7. The molecule has 0 unspecified atom stereocenters. The van der Waals surface area contributed by atoms with Crippen molar-refractivity contribution in [3.8, 4) is 34.4 Å². The lowest BCUT2D eigenvalue weighted by molar-refractivity contribution is 0.954. The van der Waals surface area contributed by atoms with E-state index < -0.39 is 18.1 Å². The van der Waals surface area contributed by atoms with Crippen molar-refractivity contribution in [3.63, 3.8) is 0 Å². The van der Waals surface area contributed by atoms with E-state index in [1.54, 1.807) is 11.3 Å². The Morgan fingerprint density at radius 3 is 1.84 bits per heavy atom. The zero-order valence-electron chi connectivity index (χ0n) is 31.8. The summed E-state index contributed by atoms with van der Waals surface area (Å²) in [7, 11) is 0. The lowest BCUT2D eigenvalue weighted by Gasteiger charge is -2.13. The van der Waals surface area contributed by atoms with Crippen LogP contribution in [-0.4, -0.2) is 24.1 Å². The van der Waals surface area contributed by atoms with Crippen molar-refractivity contribution in [3.05, 3.63) is 164 Å². The summed E-state index contributed by atoms with van der Waals surface area (Å²) in [5.74, 6) is 0.574. The Labute approximate surface area is 303 Å². The van der Waals surface area contributed by atoms with Crippen LogP contribution in [0.25, 0.3) is 98.2 Å². The van der Waals surface area contributed by atoms with Crippen molar-refractivity contribution >= 4 is 75.1 Å². The second kappa shape index (κ2) is 10.9. The van der Waals surface area contributed by atoms with E-state index in [9.17, 15) is 0 Å².